The highest BCUT2D eigenvalue weighted by molar-refractivity contribution is 5.81. The van der Waals surface area contributed by atoms with Crippen molar-refractivity contribution in [3.05, 3.63) is 29.8 Å². The number of nitrogens with zero attached hydrogens (tertiary/aromatic N) is 1. The molecule has 0 spiro atoms. The molecule has 20 heavy (non-hydrogen) atoms. The largest absolute Gasteiger partial charge is 0.435 e. The zero-order chi connectivity index (χ0) is 14.1. The molecular weight excluding hydrogens is 266 g/mol. The number of carbonyl (C=O) groups is 1. The van der Waals surface area contributed by atoms with Crippen LogP contribution in [0.15, 0.2) is 24.3 Å². The Morgan fingerprint density at radius 1 is 1.30 bits per heavy atom. The third kappa shape index (κ3) is 2.90. The van der Waals surface area contributed by atoms with E-state index in [9.17, 15) is 13.6 Å². The van der Waals surface area contributed by atoms with Crippen LogP contribution in [-0.4, -0.2) is 30.5 Å². The van der Waals surface area contributed by atoms with Gasteiger partial charge in [0.1, 0.15) is 11.9 Å². The molecule has 0 radical (unpaired) electrons. The van der Waals surface area contributed by atoms with Gasteiger partial charge in [0.25, 0.3) is 0 Å². The average Bonchev–Trinajstić information content (AvgIpc) is 3.15. The monoisotopic (exact) mass is 282 g/mol. The predicted molar refractivity (Wildman–Crippen MR) is 68.3 cm³/mol. The summed E-state index contributed by atoms with van der Waals surface area (Å²) in [5.41, 5.74) is 0.887. The minimum atomic E-state index is -2.82. The van der Waals surface area contributed by atoms with E-state index in [1.165, 1.54) is 25.0 Å². The molecule has 2 fully saturated rings. The molecule has 0 aromatic heterocycles. The molecule has 1 aliphatic heterocycles. The topological polar surface area (TPSA) is 41.6 Å². The van der Waals surface area contributed by atoms with E-state index in [2.05, 4.69) is 10.1 Å². The van der Waals surface area contributed by atoms with E-state index in [0.717, 1.165) is 12.1 Å². The summed E-state index contributed by atoms with van der Waals surface area (Å²) >= 11 is 0. The molecule has 1 N–H and O–H groups in total. The van der Waals surface area contributed by atoms with Crippen molar-refractivity contribution in [2.45, 2.75) is 25.6 Å². The fourth-order valence-electron chi connectivity index (χ4n) is 2.45. The highest BCUT2D eigenvalue weighted by Crippen LogP contribution is 2.34. The minimum absolute atomic E-state index is 0.0924. The predicted octanol–water partition coefficient (Wildman–Crippen LogP) is 2.13. The van der Waals surface area contributed by atoms with Crippen molar-refractivity contribution >= 4 is 5.91 Å². The van der Waals surface area contributed by atoms with Crippen molar-refractivity contribution in [3.8, 4) is 5.75 Å². The Morgan fingerprint density at radius 2 is 2.00 bits per heavy atom. The number of rotatable bonds is 5. The van der Waals surface area contributed by atoms with Crippen LogP contribution < -0.4 is 10.1 Å². The molecule has 4 nitrogen and oxygen atoms in total. The summed E-state index contributed by atoms with van der Waals surface area (Å²) in [5, 5.41) is 3.15. The Labute approximate surface area is 115 Å². The van der Waals surface area contributed by atoms with E-state index in [4.69, 9.17) is 0 Å². The van der Waals surface area contributed by atoms with Crippen LogP contribution in [0.3, 0.4) is 0 Å². The lowest BCUT2D eigenvalue weighted by atomic mass is 10.1. The molecule has 1 atom stereocenters. The Morgan fingerprint density at radius 3 is 2.60 bits per heavy atom. The van der Waals surface area contributed by atoms with Crippen molar-refractivity contribution in [3.63, 3.8) is 0 Å². The molecule has 1 unspecified atom stereocenters. The summed E-state index contributed by atoms with van der Waals surface area (Å²) in [6.45, 7) is -1.73. The molecule has 6 heteroatoms. The number of nitrogens with one attached hydrogen (secondary N) is 1. The van der Waals surface area contributed by atoms with Crippen molar-refractivity contribution in [2.24, 2.45) is 5.92 Å². The molecule has 1 aliphatic carbocycles. The van der Waals surface area contributed by atoms with Gasteiger partial charge < -0.3 is 9.64 Å². The number of benzene rings is 1. The van der Waals surface area contributed by atoms with Gasteiger partial charge in [-0.3, -0.25) is 10.1 Å². The van der Waals surface area contributed by atoms with Gasteiger partial charge in [0.05, 0.1) is 6.54 Å². The SMILES string of the molecule is O=C1CNC(c2ccc(OC(F)F)cc2)N1CC1CC1. The van der Waals surface area contributed by atoms with Crippen LogP contribution in [0, 0.1) is 5.92 Å². The number of hydrogen-bond acceptors (Lipinski definition) is 3. The van der Waals surface area contributed by atoms with Gasteiger partial charge in [-0.25, -0.2) is 0 Å². The molecule has 3 rings (SSSR count). The van der Waals surface area contributed by atoms with Crippen LogP contribution in [0.1, 0.15) is 24.6 Å². The van der Waals surface area contributed by atoms with Gasteiger partial charge in [0.2, 0.25) is 5.91 Å². The minimum Gasteiger partial charge on any atom is -0.435 e. The van der Waals surface area contributed by atoms with Crippen LogP contribution in [0.5, 0.6) is 5.75 Å². The summed E-state index contributed by atoms with van der Waals surface area (Å²) in [6, 6.07) is 6.43. The zero-order valence-corrected chi connectivity index (χ0v) is 10.9. The molecule has 1 saturated heterocycles. The second-order valence-electron chi connectivity index (χ2n) is 5.22. The van der Waals surface area contributed by atoms with E-state index in [-0.39, 0.29) is 17.8 Å². The quantitative estimate of drug-likeness (QED) is 0.899. The number of halogens is 2. The molecule has 1 aromatic rings. The second-order valence-corrected chi connectivity index (χ2v) is 5.22. The number of hydrogen-bond donors (Lipinski definition) is 1. The number of amides is 1. The van der Waals surface area contributed by atoms with Crippen LogP contribution in [-0.2, 0) is 4.79 Å². The number of ether oxygens (including phenoxy) is 1. The highest BCUT2D eigenvalue weighted by atomic mass is 19.3. The summed E-state index contributed by atoms with van der Waals surface area (Å²) < 4.78 is 28.5. The van der Waals surface area contributed by atoms with E-state index in [1.54, 1.807) is 12.1 Å². The normalized spacial score (nSPS) is 22.6. The smallest absolute Gasteiger partial charge is 0.387 e. The highest BCUT2D eigenvalue weighted by Gasteiger charge is 2.35. The second kappa shape index (κ2) is 5.36. The van der Waals surface area contributed by atoms with E-state index >= 15 is 0 Å². The van der Waals surface area contributed by atoms with Gasteiger partial charge in [0, 0.05) is 6.54 Å². The van der Waals surface area contributed by atoms with Crippen LogP contribution in [0.25, 0.3) is 0 Å². The zero-order valence-electron chi connectivity index (χ0n) is 10.9. The van der Waals surface area contributed by atoms with Crippen molar-refractivity contribution in [1.29, 1.82) is 0 Å². The molecular formula is C14H16F2N2O2. The van der Waals surface area contributed by atoms with Gasteiger partial charge in [-0.2, -0.15) is 8.78 Å². The summed E-state index contributed by atoms with van der Waals surface area (Å²) in [5.74, 6) is 0.833. The molecule has 1 amide bonds. The molecule has 0 bridgehead atoms. The number of alkyl halides is 2. The van der Waals surface area contributed by atoms with Crippen LogP contribution >= 0.6 is 0 Å². The first-order valence-corrected chi connectivity index (χ1v) is 6.71. The van der Waals surface area contributed by atoms with Gasteiger partial charge in [-0.15, -0.1) is 0 Å². The maximum Gasteiger partial charge on any atom is 0.387 e. The number of carbonyl (C=O) groups excluding carboxylic acids is 1. The van der Waals surface area contributed by atoms with Gasteiger partial charge in [0.15, 0.2) is 0 Å². The molecule has 2 aliphatic rings. The standard InChI is InChI=1S/C14H16F2N2O2/c15-14(16)20-11-5-3-10(4-6-11)13-17-7-12(19)18(13)8-9-1-2-9/h3-6,9,13-14,17H,1-2,7-8H2. The van der Waals surface area contributed by atoms with E-state index in [0.29, 0.717) is 12.5 Å². The first-order chi connectivity index (χ1) is 9.63. The lowest BCUT2D eigenvalue weighted by Crippen LogP contribution is -2.32. The Hall–Kier alpha value is -1.69. The van der Waals surface area contributed by atoms with E-state index < -0.39 is 6.61 Å². The fraction of sp³-hybridized carbons (Fsp3) is 0.500. The van der Waals surface area contributed by atoms with Crippen LogP contribution in [0.2, 0.25) is 0 Å². The molecule has 1 saturated carbocycles. The summed E-state index contributed by atoms with van der Waals surface area (Å²) in [4.78, 5) is 13.7. The van der Waals surface area contributed by atoms with Gasteiger partial charge >= 0.3 is 6.61 Å². The first-order valence-electron chi connectivity index (χ1n) is 6.71. The summed E-state index contributed by atoms with van der Waals surface area (Å²) in [6.07, 6.45) is 2.19. The fourth-order valence-corrected chi connectivity index (χ4v) is 2.45. The van der Waals surface area contributed by atoms with Crippen molar-refractivity contribution < 1.29 is 18.3 Å². The lowest BCUT2D eigenvalue weighted by molar-refractivity contribution is -0.128. The van der Waals surface area contributed by atoms with Gasteiger partial charge in [-0.05, 0) is 36.5 Å². The Bertz CT molecular complexity index is 488. The van der Waals surface area contributed by atoms with E-state index in [1.807, 2.05) is 4.90 Å². The molecule has 108 valence electrons. The third-order valence-electron chi connectivity index (χ3n) is 3.65. The molecule has 1 heterocycles. The average molecular weight is 282 g/mol. The van der Waals surface area contributed by atoms with Crippen LogP contribution in [0.4, 0.5) is 8.78 Å². The maximum absolute atomic E-state index is 12.1. The maximum atomic E-state index is 12.1. The van der Waals surface area contributed by atoms with Gasteiger partial charge in [-0.1, -0.05) is 12.1 Å². The summed E-state index contributed by atoms with van der Waals surface area (Å²) in [7, 11) is 0. The third-order valence-corrected chi connectivity index (χ3v) is 3.65. The Balaban J connectivity index is 1.71. The first kappa shape index (κ1) is 13.3. The lowest BCUT2D eigenvalue weighted by Gasteiger charge is -2.24. The molecule has 1 aromatic carbocycles. The van der Waals surface area contributed by atoms with Crippen molar-refractivity contribution in [2.75, 3.05) is 13.1 Å². The Kier molecular flexibility index (Phi) is 3.56. The van der Waals surface area contributed by atoms with Crippen molar-refractivity contribution in [1.82, 2.24) is 10.2 Å².